The van der Waals surface area contributed by atoms with Crippen LogP contribution in [0.2, 0.25) is 0 Å². The SMILES string of the molecule is COC(=O)C(C)(C)CNC(=O)CC1CCCCC1N. The molecule has 1 rings (SSSR count). The number of carbonyl (C=O) groups is 2. The second-order valence-corrected chi connectivity index (χ2v) is 6.06. The number of hydrogen-bond acceptors (Lipinski definition) is 4. The molecule has 0 aromatic rings. The second-order valence-electron chi connectivity index (χ2n) is 6.06. The van der Waals surface area contributed by atoms with Crippen LogP contribution >= 0.6 is 0 Å². The predicted octanol–water partition coefficient (Wildman–Crippen LogP) is 1.21. The molecule has 2 atom stereocenters. The molecule has 0 aliphatic heterocycles. The maximum Gasteiger partial charge on any atom is 0.313 e. The van der Waals surface area contributed by atoms with Gasteiger partial charge in [0.2, 0.25) is 5.91 Å². The molecule has 0 spiro atoms. The smallest absolute Gasteiger partial charge is 0.313 e. The number of nitrogens with two attached hydrogens (primary N) is 1. The molecule has 1 aliphatic rings. The lowest BCUT2D eigenvalue weighted by Crippen LogP contribution is -2.42. The molecule has 0 saturated heterocycles. The zero-order valence-corrected chi connectivity index (χ0v) is 12.2. The highest BCUT2D eigenvalue weighted by molar-refractivity contribution is 5.79. The van der Waals surface area contributed by atoms with Crippen LogP contribution in [-0.4, -0.2) is 31.6 Å². The predicted molar refractivity (Wildman–Crippen MR) is 73.4 cm³/mol. The number of methoxy groups -OCH3 is 1. The van der Waals surface area contributed by atoms with Crippen molar-refractivity contribution in [1.82, 2.24) is 5.32 Å². The van der Waals surface area contributed by atoms with Gasteiger partial charge in [0, 0.05) is 19.0 Å². The molecule has 2 unspecified atom stereocenters. The van der Waals surface area contributed by atoms with Gasteiger partial charge in [-0.25, -0.2) is 0 Å². The molecule has 1 amide bonds. The Morgan fingerprint density at radius 1 is 1.32 bits per heavy atom. The zero-order chi connectivity index (χ0) is 14.5. The first-order valence-electron chi connectivity index (χ1n) is 6.97. The van der Waals surface area contributed by atoms with E-state index in [1.807, 2.05) is 0 Å². The highest BCUT2D eigenvalue weighted by Gasteiger charge is 2.30. The molecule has 3 N–H and O–H groups in total. The maximum absolute atomic E-state index is 11.9. The quantitative estimate of drug-likeness (QED) is 0.736. The molecule has 1 fully saturated rings. The second kappa shape index (κ2) is 6.89. The fraction of sp³-hybridized carbons (Fsp3) is 0.857. The van der Waals surface area contributed by atoms with Crippen LogP contribution in [0.3, 0.4) is 0 Å². The minimum Gasteiger partial charge on any atom is -0.469 e. The van der Waals surface area contributed by atoms with E-state index in [4.69, 9.17) is 10.5 Å². The minimum absolute atomic E-state index is 0.0284. The number of ether oxygens (including phenoxy) is 1. The maximum atomic E-state index is 11.9. The lowest BCUT2D eigenvalue weighted by atomic mass is 9.83. The lowest BCUT2D eigenvalue weighted by molar-refractivity contribution is -0.150. The van der Waals surface area contributed by atoms with E-state index in [0.29, 0.717) is 13.0 Å². The summed E-state index contributed by atoms with van der Waals surface area (Å²) in [6, 6.07) is 0.133. The number of carbonyl (C=O) groups excluding carboxylic acids is 2. The van der Waals surface area contributed by atoms with Gasteiger partial charge in [-0.15, -0.1) is 0 Å². The van der Waals surface area contributed by atoms with E-state index >= 15 is 0 Å². The molecular formula is C14H26N2O3. The van der Waals surface area contributed by atoms with Gasteiger partial charge in [0.25, 0.3) is 0 Å². The van der Waals surface area contributed by atoms with Gasteiger partial charge in [-0.2, -0.15) is 0 Å². The minimum atomic E-state index is -0.695. The van der Waals surface area contributed by atoms with E-state index in [-0.39, 0.29) is 23.8 Å². The van der Waals surface area contributed by atoms with Crippen molar-refractivity contribution in [1.29, 1.82) is 0 Å². The first-order chi connectivity index (χ1) is 8.86. The third-order valence-electron chi connectivity index (χ3n) is 3.88. The van der Waals surface area contributed by atoms with Gasteiger partial charge in [-0.05, 0) is 32.6 Å². The Bertz CT molecular complexity index is 329. The van der Waals surface area contributed by atoms with Crippen molar-refractivity contribution in [2.24, 2.45) is 17.1 Å². The Labute approximate surface area is 115 Å². The van der Waals surface area contributed by atoms with Crippen molar-refractivity contribution in [2.45, 2.75) is 52.0 Å². The Kier molecular flexibility index (Phi) is 5.79. The van der Waals surface area contributed by atoms with Crippen LogP contribution in [0.25, 0.3) is 0 Å². The van der Waals surface area contributed by atoms with Crippen LogP contribution in [0.4, 0.5) is 0 Å². The van der Waals surface area contributed by atoms with Crippen LogP contribution in [0.1, 0.15) is 46.0 Å². The molecule has 1 aliphatic carbocycles. The van der Waals surface area contributed by atoms with Gasteiger partial charge in [0.15, 0.2) is 0 Å². The van der Waals surface area contributed by atoms with Crippen molar-refractivity contribution in [3.63, 3.8) is 0 Å². The van der Waals surface area contributed by atoms with Crippen LogP contribution < -0.4 is 11.1 Å². The van der Waals surface area contributed by atoms with Crippen molar-refractivity contribution in [3.8, 4) is 0 Å². The van der Waals surface area contributed by atoms with Crippen LogP contribution in [0.15, 0.2) is 0 Å². The normalized spacial score (nSPS) is 23.8. The monoisotopic (exact) mass is 270 g/mol. The molecule has 1 saturated carbocycles. The van der Waals surface area contributed by atoms with Gasteiger partial charge in [-0.3, -0.25) is 9.59 Å². The number of nitrogens with one attached hydrogen (secondary N) is 1. The van der Waals surface area contributed by atoms with E-state index in [0.717, 1.165) is 25.7 Å². The topological polar surface area (TPSA) is 81.4 Å². The van der Waals surface area contributed by atoms with Gasteiger partial charge in [0.05, 0.1) is 12.5 Å². The van der Waals surface area contributed by atoms with Gasteiger partial charge in [-0.1, -0.05) is 12.8 Å². The summed E-state index contributed by atoms with van der Waals surface area (Å²) in [5.41, 5.74) is 5.33. The third kappa shape index (κ3) is 4.82. The van der Waals surface area contributed by atoms with E-state index in [1.165, 1.54) is 7.11 Å². The summed E-state index contributed by atoms with van der Waals surface area (Å²) in [6.07, 6.45) is 4.80. The third-order valence-corrected chi connectivity index (χ3v) is 3.88. The van der Waals surface area contributed by atoms with Gasteiger partial charge < -0.3 is 15.8 Å². The largest absolute Gasteiger partial charge is 0.469 e. The summed E-state index contributed by atoms with van der Waals surface area (Å²) < 4.78 is 4.70. The standard InChI is InChI=1S/C14H26N2O3/c1-14(2,13(18)19-3)9-16-12(17)8-10-6-4-5-7-11(10)15/h10-11H,4-9,15H2,1-3H3,(H,16,17). The summed E-state index contributed by atoms with van der Waals surface area (Å²) in [5, 5.41) is 2.81. The van der Waals surface area contributed by atoms with E-state index in [2.05, 4.69) is 5.32 Å². The zero-order valence-electron chi connectivity index (χ0n) is 12.2. The van der Waals surface area contributed by atoms with E-state index < -0.39 is 5.41 Å². The lowest BCUT2D eigenvalue weighted by Gasteiger charge is -2.28. The van der Waals surface area contributed by atoms with Crippen molar-refractivity contribution in [3.05, 3.63) is 0 Å². The van der Waals surface area contributed by atoms with Crippen molar-refractivity contribution >= 4 is 11.9 Å². The Balaban J connectivity index is 2.37. The molecule has 0 aromatic heterocycles. The van der Waals surface area contributed by atoms with Gasteiger partial charge >= 0.3 is 5.97 Å². The van der Waals surface area contributed by atoms with Crippen molar-refractivity contribution < 1.29 is 14.3 Å². The molecule has 0 heterocycles. The highest BCUT2D eigenvalue weighted by Crippen LogP contribution is 2.25. The van der Waals surface area contributed by atoms with E-state index in [9.17, 15) is 9.59 Å². The summed E-state index contributed by atoms with van der Waals surface area (Å²) in [7, 11) is 1.35. The fourth-order valence-corrected chi connectivity index (χ4v) is 2.47. The molecule has 0 bridgehead atoms. The first kappa shape index (κ1) is 16.0. The van der Waals surface area contributed by atoms with Crippen LogP contribution in [0.5, 0.6) is 0 Å². The van der Waals surface area contributed by atoms with E-state index in [1.54, 1.807) is 13.8 Å². The Morgan fingerprint density at radius 2 is 1.95 bits per heavy atom. The molecule has 19 heavy (non-hydrogen) atoms. The number of amides is 1. The summed E-state index contributed by atoms with van der Waals surface area (Å²) in [6.45, 7) is 3.80. The summed E-state index contributed by atoms with van der Waals surface area (Å²) in [4.78, 5) is 23.4. The van der Waals surface area contributed by atoms with Gasteiger partial charge in [0.1, 0.15) is 0 Å². The molecule has 0 radical (unpaired) electrons. The summed E-state index contributed by atoms with van der Waals surface area (Å²) >= 11 is 0. The number of hydrogen-bond donors (Lipinski definition) is 2. The summed E-state index contributed by atoms with van der Waals surface area (Å²) in [5.74, 6) is -0.0727. The number of esters is 1. The first-order valence-corrected chi connectivity index (χ1v) is 6.97. The molecule has 5 nitrogen and oxygen atoms in total. The fourth-order valence-electron chi connectivity index (χ4n) is 2.47. The highest BCUT2D eigenvalue weighted by atomic mass is 16.5. The Hall–Kier alpha value is -1.10. The van der Waals surface area contributed by atoms with Crippen LogP contribution in [0, 0.1) is 11.3 Å². The molecule has 0 aromatic carbocycles. The average Bonchev–Trinajstić information content (AvgIpc) is 2.38. The molecule has 5 heteroatoms. The number of rotatable bonds is 5. The molecule has 110 valence electrons. The Morgan fingerprint density at radius 3 is 2.53 bits per heavy atom. The average molecular weight is 270 g/mol. The molecular weight excluding hydrogens is 244 g/mol. The van der Waals surface area contributed by atoms with Crippen molar-refractivity contribution in [2.75, 3.05) is 13.7 Å². The van der Waals surface area contributed by atoms with Crippen LogP contribution in [-0.2, 0) is 14.3 Å².